The van der Waals surface area contributed by atoms with Gasteiger partial charge in [-0.25, -0.2) is 31.1 Å². The second-order valence-electron chi connectivity index (χ2n) is 5.45. The van der Waals surface area contributed by atoms with Crippen molar-refractivity contribution in [1.29, 1.82) is 0 Å². The monoisotopic (exact) mass is 402 g/mol. The fourth-order valence-electron chi connectivity index (χ4n) is 2.54. The molecule has 0 spiro atoms. The van der Waals surface area contributed by atoms with Gasteiger partial charge in [-0.2, -0.15) is 0 Å². The van der Waals surface area contributed by atoms with Gasteiger partial charge in [0.15, 0.2) is 5.76 Å². The molecule has 1 aromatic heterocycles. The van der Waals surface area contributed by atoms with E-state index in [0.29, 0.717) is 18.2 Å². The molecule has 0 bridgehead atoms. The van der Waals surface area contributed by atoms with Gasteiger partial charge in [-0.3, -0.25) is 0 Å². The third kappa shape index (κ3) is 3.56. The largest absolute Gasteiger partial charge is 0.388 e. The van der Waals surface area contributed by atoms with Crippen molar-refractivity contribution >= 4 is 10.0 Å². The van der Waals surface area contributed by atoms with Crippen molar-refractivity contribution in [3.05, 3.63) is 59.4 Å². The molecule has 0 atom stereocenters. The number of hydrogen-bond donors (Lipinski definition) is 2. The molecule has 0 radical (unpaired) electrons. The second kappa shape index (κ2) is 6.76. The molecule has 3 rings (SSSR count). The summed E-state index contributed by atoms with van der Waals surface area (Å²) < 4.78 is 83.1. The Morgan fingerprint density at radius 3 is 2.19 bits per heavy atom. The molecule has 0 saturated carbocycles. The normalized spacial score (nSPS) is 11.8. The summed E-state index contributed by atoms with van der Waals surface area (Å²) in [5.41, 5.74) is -1.27. The fourth-order valence-corrected chi connectivity index (χ4v) is 3.13. The molecular formula is C16H10F4N2O4S. The van der Waals surface area contributed by atoms with Crippen LogP contribution in [-0.4, -0.2) is 18.7 Å². The highest BCUT2D eigenvalue weighted by molar-refractivity contribution is 7.89. The van der Waals surface area contributed by atoms with Gasteiger partial charge in [-0.1, -0.05) is 5.16 Å². The smallest absolute Gasteiger partial charge is 0.241 e. The van der Waals surface area contributed by atoms with Crippen molar-refractivity contribution in [2.24, 2.45) is 5.14 Å². The molecule has 6 nitrogen and oxygen atoms in total. The lowest BCUT2D eigenvalue weighted by molar-refractivity contribution is 0.230. The molecule has 1 heterocycles. The number of aliphatic hydroxyl groups is 1. The predicted octanol–water partition coefficient (Wildman–Crippen LogP) is 2.70. The van der Waals surface area contributed by atoms with Gasteiger partial charge in [0.2, 0.25) is 10.0 Å². The molecular weight excluding hydrogens is 392 g/mol. The van der Waals surface area contributed by atoms with Gasteiger partial charge in [-0.05, 0) is 24.3 Å². The van der Waals surface area contributed by atoms with Crippen molar-refractivity contribution in [2.75, 3.05) is 0 Å². The highest BCUT2D eigenvalue weighted by Gasteiger charge is 2.26. The second-order valence-corrected chi connectivity index (χ2v) is 6.98. The van der Waals surface area contributed by atoms with Gasteiger partial charge in [0, 0.05) is 17.2 Å². The summed E-state index contributed by atoms with van der Waals surface area (Å²) in [5.74, 6) is -4.83. The van der Waals surface area contributed by atoms with Crippen LogP contribution >= 0.6 is 0 Å². The SMILES string of the molecule is NS(=O)(=O)c1cc(F)c(-c2c(-c3cc(F)cc(F)c3)noc2CO)cc1F. The molecule has 0 fully saturated rings. The summed E-state index contributed by atoms with van der Waals surface area (Å²) in [6.07, 6.45) is 0. The van der Waals surface area contributed by atoms with E-state index < -0.39 is 50.4 Å². The minimum absolute atomic E-state index is 0.165. The summed E-state index contributed by atoms with van der Waals surface area (Å²) in [5, 5.41) is 17.8. The van der Waals surface area contributed by atoms with Crippen LogP contribution in [-0.2, 0) is 16.6 Å². The van der Waals surface area contributed by atoms with Gasteiger partial charge in [0.25, 0.3) is 0 Å². The van der Waals surface area contributed by atoms with Gasteiger partial charge < -0.3 is 9.63 Å². The Balaban J connectivity index is 2.29. The molecule has 0 aliphatic rings. The molecule has 3 aromatic rings. The zero-order chi connectivity index (χ0) is 19.9. The summed E-state index contributed by atoms with van der Waals surface area (Å²) in [4.78, 5) is -1.08. The Morgan fingerprint density at radius 1 is 1.00 bits per heavy atom. The lowest BCUT2D eigenvalue weighted by atomic mass is 9.98. The van der Waals surface area contributed by atoms with Crippen LogP contribution in [0.1, 0.15) is 5.76 Å². The molecule has 0 amide bonds. The maximum Gasteiger partial charge on any atom is 0.241 e. The Kier molecular flexibility index (Phi) is 4.76. The first-order valence-corrected chi connectivity index (χ1v) is 8.74. The van der Waals surface area contributed by atoms with Crippen molar-refractivity contribution in [1.82, 2.24) is 5.16 Å². The van der Waals surface area contributed by atoms with Crippen LogP contribution in [0.15, 0.2) is 39.8 Å². The van der Waals surface area contributed by atoms with Gasteiger partial charge in [0.05, 0.1) is 5.56 Å². The molecule has 0 aliphatic carbocycles. The molecule has 0 unspecified atom stereocenters. The lowest BCUT2D eigenvalue weighted by Crippen LogP contribution is -2.14. The number of nitrogens with two attached hydrogens (primary N) is 1. The molecule has 2 aromatic carbocycles. The first-order chi connectivity index (χ1) is 12.6. The van der Waals surface area contributed by atoms with Gasteiger partial charge in [0.1, 0.15) is 40.5 Å². The summed E-state index contributed by atoms with van der Waals surface area (Å²) in [7, 11) is -4.53. The zero-order valence-electron chi connectivity index (χ0n) is 13.2. The van der Waals surface area contributed by atoms with Crippen LogP contribution in [0.25, 0.3) is 22.4 Å². The van der Waals surface area contributed by atoms with Crippen LogP contribution in [0.3, 0.4) is 0 Å². The first-order valence-electron chi connectivity index (χ1n) is 7.20. The first kappa shape index (κ1) is 19.0. The minimum atomic E-state index is -4.53. The van der Waals surface area contributed by atoms with E-state index in [0.717, 1.165) is 12.1 Å². The minimum Gasteiger partial charge on any atom is -0.388 e. The van der Waals surface area contributed by atoms with E-state index in [4.69, 9.17) is 9.66 Å². The highest BCUT2D eigenvalue weighted by atomic mass is 32.2. The molecule has 27 heavy (non-hydrogen) atoms. The number of sulfonamides is 1. The number of nitrogens with zero attached hydrogens (tertiary/aromatic N) is 1. The summed E-state index contributed by atoms with van der Waals surface area (Å²) >= 11 is 0. The third-order valence-corrected chi connectivity index (χ3v) is 4.57. The quantitative estimate of drug-likeness (QED) is 0.653. The Labute approximate surface area is 149 Å². The average Bonchev–Trinajstić information content (AvgIpc) is 2.98. The molecule has 11 heteroatoms. The topological polar surface area (TPSA) is 106 Å². The van der Waals surface area contributed by atoms with Crippen LogP contribution in [0.4, 0.5) is 17.6 Å². The van der Waals surface area contributed by atoms with E-state index in [1.807, 2.05) is 0 Å². The summed E-state index contributed by atoms with van der Waals surface area (Å²) in [6, 6.07) is 3.21. The number of aliphatic hydroxyl groups excluding tert-OH is 1. The number of rotatable bonds is 4. The summed E-state index contributed by atoms with van der Waals surface area (Å²) in [6.45, 7) is -0.794. The fraction of sp³-hybridized carbons (Fsp3) is 0.0625. The van der Waals surface area contributed by atoms with E-state index in [-0.39, 0.29) is 22.6 Å². The van der Waals surface area contributed by atoms with E-state index in [9.17, 15) is 31.1 Å². The predicted molar refractivity (Wildman–Crippen MR) is 84.5 cm³/mol. The standard InChI is InChI=1S/C16H10F4N2O4S/c17-8-1-7(2-9(18)3-8)16-15(13(6-23)26-22-16)10-4-12(20)14(5-11(10)19)27(21,24)25/h1-5,23H,6H2,(H2,21,24,25). The molecule has 0 aliphatic heterocycles. The number of primary sulfonamides is 1. The van der Waals surface area contributed by atoms with Crippen molar-refractivity contribution in [3.63, 3.8) is 0 Å². The molecule has 0 saturated heterocycles. The van der Waals surface area contributed by atoms with E-state index >= 15 is 0 Å². The lowest BCUT2D eigenvalue weighted by Gasteiger charge is -2.08. The molecule has 142 valence electrons. The number of halogens is 4. The van der Waals surface area contributed by atoms with E-state index in [2.05, 4.69) is 5.16 Å². The highest BCUT2D eigenvalue weighted by Crippen LogP contribution is 2.37. The van der Waals surface area contributed by atoms with Crippen LogP contribution in [0.5, 0.6) is 0 Å². The Bertz CT molecular complexity index is 1130. The van der Waals surface area contributed by atoms with E-state index in [1.54, 1.807) is 0 Å². The number of aromatic nitrogens is 1. The maximum atomic E-state index is 14.5. The van der Waals surface area contributed by atoms with Crippen LogP contribution in [0.2, 0.25) is 0 Å². The zero-order valence-corrected chi connectivity index (χ0v) is 14.0. The molecule has 3 N–H and O–H groups in total. The number of hydrogen-bond acceptors (Lipinski definition) is 5. The van der Waals surface area contributed by atoms with Crippen molar-refractivity contribution in [2.45, 2.75) is 11.5 Å². The van der Waals surface area contributed by atoms with Gasteiger partial charge in [-0.15, -0.1) is 0 Å². The maximum absolute atomic E-state index is 14.5. The Hall–Kier alpha value is -2.76. The van der Waals surface area contributed by atoms with Crippen LogP contribution < -0.4 is 5.14 Å². The average molecular weight is 402 g/mol. The number of benzene rings is 2. The third-order valence-electron chi connectivity index (χ3n) is 3.64. The van der Waals surface area contributed by atoms with Crippen molar-refractivity contribution in [3.8, 4) is 22.4 Å². The Morgan fingerprint density at radius 2 is 1.63 bits per heavy atom. The van der Waals surface area contributed by atoms with E-state index in [1.165, 1.54) is 0 Å². The van der Waals surface area contributed by atoms with Gasteiger partial charge >= 0.3 is 0 Å². The van der Waals surface area contributed by atoms with Crippen molar-refractivity contribution < 1.29 is 35.6 Å². The van der Waals surface area contributed by atoms with Crippen LogP contribution in [0, 0.1) is 23.3 Å².